The Kier molecular flexibility index (Phi) is 9.95. The number of nitrogens with zero attached hydrogens (tertiary/aromatic N) is 3. The van der Waals surface area contributed by atoms with E-state index in [-0.39, 0.29) is 10.8 Å². The molecule has 0 spiro atoms. The van der Waals surface area contributed by atoms with Gasteiger partial charge in [-0.05, 0) is 92.8 Å². The largest absolute Gasteiger partial charge is 0.336 e. The van der Waals surface area contributed by atoms with Crippen LogP contribution in [0, 0.1) is 5.92 Å². The van der Waals surface area contributed by atoms with E-state index in [4.69, 9.17) is 0 Å². The molecular formula is C34H44N4O3S. The number of nitrogens with one attached hydrogen (secondary N) is 1. The van der Waals surface area contributed by atoms with E-state index in [1.165, 1.54) is 30.5 Å². The van der Waals surface area contributed by atoms with Gasteiger partial charge in [-0.25, -0.2) is 8.42 Å². The minimum Gasteiger partial charge on any atom is -0.336 e. The predicted molar refractivity (Wildman–Crippen MR) is 171 cm³/mol. The molecule has 1 saturated heterocycles. The Hall–Kier alpha value is -3.23. The Morgan fingerprint density at radius 3 is 2.36 bits per heavy atom. The Bertz CT molecular complexity index is 1440. The average molecular weight is 589 g/mol. The first-order valence-electron chi connectivity index (χ1n) is 15.5. The lowest BCUT2D eigenvalue weighted by atomic mass is 9.88. The third-order valence-electron chi connectivity index (χ3n) is 8.95. The van der Waals surface area contributed by atoms with Crippen molar-refractivity contribution in [1.82, 2.24) is 9.80 Å². The van der Waals surface area contributed by atoms with Crippen molar-refractivity contribution in [3.05, 3.63) is 77.4 Å². The number of carbonyl (C=O) groups is 1. The highest BCUT2D eigenvalue weighted by atomic mass is 32.2. The minimum atomic E-state index is -3.88. The first-order chi connectivity index (χ1) is 20.4. The second-order valence-electron chi connectivity index (χ2n) is 11.7. The number of fused-ring (bicyclic) bond motifs is 2. The molecule has 7 nitrogen and oxygen atoms in total. The molecule has 0 radical (unpaired) electrons. The summed E-state index contributed by atoms with van der Waals surface area (Å²) in [4.78, 5) is 22.3. The van der Waals surface area contributed by atoms with Crippen molar-refractivity contribution in [2.45, 2.75) is 69.6 Å². The first kappa shape index (κ1) is 30.2. The van der Waals surface area contributed by atoms with Gasteiger partial charge in [0.15, 0.2) is 0 Å². The van der Waals surface area contributed by atoms with E-state index in [1.54, 1.807) is 24.4 Å². The SMILES string of the molecule is C/C=N\c1c2cccc1C1CCCCC(/C=C\C(=C/C)CN3CCN(CC3)C(=O)c3ccc(cc3)S(=O)(=O)N2)CCC1. The Morgan fingerprint density at radius 1 is 0.905 bits per heavy atom. The van der Waals surface area contributed by atoms with Crippen molar-refractivity contribution in [2.24, 2.45) is 10.9 Å². The summed E-state index contributed by atoms with van der Waals surface area (Å²) in [5.74, 6) is 0.823. The molecule has 2 fully saturated rings. The maximum Gasteiger partial charge on any atom is 0.261 e. The van der Waals surface area contributed by atoms with Gasteiger partial charge in [0.05, 0.1) is 16.3 Å². The van der Waals surface area contributed by atoms with Gasteiger partial charge in [-0.15, -0.1) is 0 Å². The quantitative estimate of drug-likeness (QED) is 0.367. The van der Waals surface area contributed by atoms with Gasteiger partial charge in [0.2, 0.25) is 0 Å². The molecule has 1 aliphatic carbocycles. The molecule has 2 atom stereocenters. The molecule has 4 aliphatic heterocycles. The summed E-state index contributed by atoms with van der Waals surface area (Å²) in [7, 11) is -3.88. The number of amides is 1. The highest BCUT2D eigenvalue weighted by Gasteiger charge is 2.25. The van der Waals surface area contributed by atoms with E-state index in [0.29, 0.717) is 41.9 Å². The number of anilines is 1. The lowest BCUT2D eigenvalue weighted by Gasteiger charge is -2.35. The molecule has 7 rings (SSSR count). The van der Waals surface area contributed by atoms with Gasteiger partial charge in [-0.3, -0.25) is 19.4 Å². The average Bonchev–Trinajstić information content (AvgIpc) is 3.12. The van der Waals surface area contributed by atoms with Crippen LogP contribution in [-0.2, 0) is 10.0 Å². The van der Waals surface area contributed by atoms with Crippen LogP contribution in [0.5, 0.6) is 0 Å². The predicted octanol–water partition coefficient (Wildman–Crippen LogP) is 6.93. The standard InChI is InChI=1S/C34H44N4O3S/c1-3-26-15-16-27-9-5-6-11-28(12-7-10-27)31-13-8-14-32(33(31)35-4-2)36-42(40,41)30-19-17-29(18-20-30)34(39)38-23-21-37(25-26)22-24-38/h3-4,8,13-20,27-28,36H,5-7,9-12,21-25H2,1-2H3/b16-15-,26-3+,35-4-. The van der Waals surface area contributed by atoms with Gasteiger partial charge >= 0.3 is 0 Å². The van der Waals surface area contributed by atoms with Gasteiger partial charge in [0, 0.05) is 44.5 Å². The molecule has 42 heavy (non-hydrogen) atoms. The summed E-state index contributed by atoms with van der Waals surface area (Å²) in [6.45, 7) is 7.81. The molecule has 224 valence electrons. The van der Waals surface area contributed by atoms with Crippen LogP contribution in [0.2, 0.25) is 0 Å². The molecule has 1 amide bonds. The highest BCUT2D eigenvalue weighted by molar-refractivity contribution is 7.92. The van der Waals surface area contributed by atoms with Crippen LogP contribution in [-0.4, -0.2) is 63.1 Å². The molecule has 4 heterocycles. The van der Waals surface area contributed by atoms with Crippen LogP contribution in [0.15, 0.2) is 76.2 Å². The fourth-order valence-corrected chi connectivity index (χ4v) is 7.56. The zero-order chi connectivity index (χ0) is 29.5. The Morgan fingerprint density at radius 2 is 1.62 bits per heavy atom. The van der Waals surface area contributed by atoms with E-state index in [1.807, 2.05) is 17.9 Å². The summed E-state index contributed by atoms with van der Waals surface area (Å²) in [6, 6.07) is 12.1. The number of piperazine rings is 1. The first-order valence-corrected chi connectivity index (χ1v) is 17.0. The third-order valence-corrected chi connectivity index (χ3v) is 10.3. The maximum absolute atomic E-state index is 13.5. The number of carbonyl (C=O) groups excluding carboxylic acids is 1. The fraction of sp³-hybridized carbons (Fsp3) is 0.471. The van der Waals surface area contributed by atoms with Crippen molar-refractivity contribution in [3.63, 3.8) is 0 Å². The number of rotatable bonds is 1. The van der Waals surface area contributed by atoms with E-state index >= 15 is 0 Å². The number of sulfonamides is 1. The molecular weight excluding hydrogens is 544 g/mol. The molecule has 1 N–H and O–H groups in total. The van der Waals surface area contributed by atoms with Gasteiger partial charge in [-0.2, -0.15) is 0 Å². The van der Waals surface area contributed by atoms with E-state index < -0.39 is 10.0 Å². The second kappa shape index (κ2) is 13.8. The van der Waals surface area contributed by atoms with Crippen LogP contribution in [0.1, 0.15) is 80.6 Å². The van der Waals surface area contributed by atoms with Gasteiger partial charge in [0.1, 0.15) is 0 Å². The number of hydrogen-bond acceptors (Lipinski definition) is 5. The highest BCUT2D eigenvalue weighted by Crippen LogP contribution is 2.41. The topological polar surface area (TPSA) is 82.1 Å². The van der Waals surface area contributed by atoms with Gasteiger partial charge in [0.25, 0.3) is 15.9 Å². The molecule has 1 saturated carbocycles. The lowest BCUT2D eigenvalue weighted by molar-refractivity contribution is 0.0648. The molecule has 2 aromatic carbocycles. The smallest absolute Gasteiger partial charge is 0.261 e. The summed E-state index contributed by atoms with van der Waals surface area (Å²) in [5.41, 5.74) is 4.12. The zero-order valence-corrected chi connectivity index (χ0v) is 25.8. The van der Waals surface area contributed by atoms with Crippen molar-refractivity contribution in [1.29, 1.82) is 0 Å². The van der Waals surface area contributed by atoms with Crippen molar-refractivity contribution >= 4 is 33.5 Å². The van der Waals surface area contributed by atoms with Crippen LogP contribution < -0.4 is 4.72 Å². The number of hydrogen-bond donors (Lipinski definition) is 1. The van der Waals surface area contributed by atoms with E-state index in [9.17, 15) is 13.2 Å². The van der Waals surface area contributed by atoms with E-state index in [2.05, 4.69) is 45.8 Å². The number of benzene rings is 2. The van der Waals surface area contributed by atoms with Crippen molar-refractivity contribution in [2.75, 3.05) is 37.4 Å². The minimum absolute atomic E-state index is 0.0632. The third kappa shape index (κ3) is 7.21. The summed E-state index contributed by atoms with van der Waals surface area (Å²) >= 11 is 0. The normalized spacial score (nSPS) is 25.8. The van der Waals surface area contributed by atoms with Crippen LogP contribution in [0.3, 0.4) is 0 Å². The van der Waals surface area contributed by atoms with Crippen LogP contribution in [0.25, 0.3) is 0 Å². The summed E-state index contributed by atoms with van der Waals surface area (Å²) in [6.07, 6.45) is 16.6. The molecule has 0 aromatic heterocycles. The van der Waals surface area contributed by atoms with Crippen molar-refractivity contribution < 1.29 is 13.2 Å². The van der Waals surface area contributed by atoms with Gasteiger partial charge < -0.3 is 4.90 Å². The van der Waals surface area contributed by atoms with E-state index in [0.717, 1.165) is 57.3 Å². The zero-order valence-electron chi connectivity index (χ0n) is 25.0. The molecule has 8 heteroatoms. The van der Waals surface area contributed by atoms with Gasteiger partial charge in [-0.1, -0.05) is 49.6 Å². The monoisotopic (exact) mass is 588 g/mol. The van der Waals surface area contributed by atoms with Crippen LogP contribution >= 0.6 is 0 Å². The molecule has 5 aliphatic rings. The number of para-hydroxylation sites is 1. The summed E-state index contributed by atoms with van der Waals surface area (Å²) in [5, 5.41) is 0. The maximum atomic E-state index is 13.5. The molecule has 8 bridgehead atoms. The summed E-state index contributed by atoms with van der Waals surface area (Å²) < 4.78 is 29.8. The molecule has 2 aromatic rings. The number of aliphatic imine (C=N–C) groups is 1. The lowest BCUT2D eigenvalue weighted by Crippen LogP contribution is -2.49. The number of allylic oxidation sites excluding steroid dienone is 2. The van der Waals surface area contributed by atoms with Crippen molar-refractivity contribution in [3.8, 4) is 0 Å². The fourth-order valence-electron chi connectivity index (χ4n) is 6.49. The van der Waals surface area contributed by atoms with Crippen LogP contribution in [0.4, 0.5) is 11.4 Å². The Labute approximate surface area is 251 Å². The Balaban J connectivity index is 1.51. The second-order valence-corrected chi connectivity index (χ2v) is 13.4. The molecule has 2 unspecified atom stereocenters.